The van der Waals surface area contributed by atoms with Gasteiger partial charge in [-0.1, -0.05) is 6.92 Å². The van der Waals surface area contributed by atoms with E-state index in [1.54, 1.807) is 11.3 Å². The van der Waals surface area contributed by atoms with Crippen LogP contribution in [0.3, 0.4) is 0 Å². The Hall–Kier alpha value is 0.297. The number of hydrogen-bond donors (Lipinski definition) is 0. The fraction of sp³-hybridized carbons (Fsp3) is 0.333. The molecule has 0 fully saturated rings. The van der Waals surface area contributed by atoms with Crippen LogP contribution in [0, 0.1) is 19.9 Å². The average Bonchev–Trinajstić information content (AvgIpc) is 1.87. The Morgan fingerprint density at radius 1 is 1.50 bits per heavy atom. The molecule has 38 valence electrons. The van der Waals surface area contributed by atoms with Crippen LogP contribution in [0.5, 0.6) is 0 Å². The standard InChI is InChI=1S/C6H7S.Li/c1-5-3-6(2)7-4-5;/h4H,1-2H3;/q-1;+1. The van der Waals surface area contributed by atoms with Gasteiger partial charge in [-0.25, -0.2) is 11.6 Å². The van der Waals surface area contributed by atoms with E-state index in [2.05, 4.69) is 25.3 Å². The van der Waals surface area contributed by atoms with Gasteiger partial charge in [0.2, 0.25) is 0 Å². The molecule has 0 bridgehead atoms. The summed E-state index contributed by atoms with van der Waals surface area (Å²) in [6, 6.07) is 3.16. The van der Waals surface area contributed by atoms with Crippen molar-refractivity contribution in [3.8, 4) is 0 Å². The van der Waals surface area contributed by atoms with Gasteiger partial charge in [0.05, 0.1) is 0 Å². The van der Waals surface area contributed by atoms with Gasteiger partial charge in [0.25, 0.3) is 0 Å². The Morgan fingerprint density at radius 3 is 2.25 bits per heavy atom. The molecule has 2 heteroatoms. The molecule has 0 radical (unpaired) electrons. The summed E-state index contributed by atoms with van der Waals surface area (Å²) in [6.45, 7) is 4.13. The Balaban J connectivity index is 0.000000490. The van der Waals surface area contributed by atoms with E-state index in [0.717, 1.165) is 0 Å². The fourth-order valence-electron chi connectivity index (χ4n) is 0.513. The zero-order chi connectivity index (χ0) is 5.28. The van der Waals surface area contributed by atoms with Crippen molar-refractivity contribution in [2.45, 2.75) is 13.8 Å². The van der Waals surface area contributed by atoms with Crippen LogP contribution < -0.4 is 18.9 Å². The van der Waals surface area contributed by atoms with Gasteiger partial charge in [-0.3, -0.25) is 11.3 Å². The Morgan fingerprint density at radius 2 is 2.12 bits per heavy atom. The summed E-state index contributed by atoms with van der Waals surface area (Å²) in [5.74, 6) is 0. The van der Waals surface area contributed by atoms with Crippen molar-refractivity contribution in [2.75, 3.05) is 0 Å². The first-order valence-electron chi connectivity index (χ1n) is 2.23. The van der Waals surface area contributed by atoms with Gasteiger partial charge in [-0.2, -0.15) is 5.38 Å². The van der Waals surface area contributed by atoms with Crippen LogP contribution in [0.15, 0.2) is 5.38 Å². The molecule has 1 aromatic heterocycles. The Labute approximate surface area is 66.1 Å². The molecule has 0 aliphatic heterocycles. The molecule has 0 saturated heterocycles. The van der Waals surface area contributed by atoms with Crippen molar-refractivity contribution in [1.82, 2.24) is 0 Å². The molecular formula is C6H7LiS. The van der Waals surface area contributed by atoms with Crippen LogP contribution in [0.25, 0.3) is 0 Å². The van der Waals surface area contributed by atoms with Crippen LogP contribution in [0.2, 0.25) is 0 Å². The van der Waals surface area contributed by atoms with Crippen molar-refractivity contribution in [1.29, 1.82) is 0 Å². The molecule has 0 atom stereocenters. The quantitative estimate of drug-likeness (QED) is 0.308. The van der Waals surface area contributed by atoms with E-state index < -0.39 is 0 Å². The predicted octanol–water partition coefficient (Wildman–Crippen LogP) is -0.831. The van der Waals surface area contributed by atoms with Crippen LogP contribution >= 0.6 is 11.3 Å². The van der Waals surface area contributed by atoms with Gasteiger partial charge in [0.1, 0.15) is 0 Å². The molecule has 8 heavy (non-hydrogen) atoms. The van der Waals surface area contributed by atoms with Gasteiger partial charge in [-0.05, 0) is 6.92 Å². The zero-order valence-corrected chi connectivity index (χ0v) is 6.30. The largest absolute Gasteiger partial charge is 1.00 e. The number of aryl methyl sites for hydroxylation is 2. The van der Waals surface area contributed by atoms with Crippen molar-refractivity contribution >= 4 is 11.3 Å². The van der Waals surface area contributed by atoms with Gasteiger partial charge < -0.3 is 0 Å². The van der Waals surface area contributed by atoms with Crippen molar-refractivity contribution in [2.24, 2.45) is 0 Å². The molecule has 0 unspecified atom stereocenters. The van der Waals surface area contributed by atoms with Crippen LogP contribution in [-0.2, 0) is 0 Å². The molecule has 0 N–H and O–H groups in total. The summed E-state index contributed by atoms with van der Waals surface area (Å²) < 4.78 is 0. The average molecular weight is 118 g/mol. The molecule has 0 aromatic carbocycles. The molecule has 0 saturated carbocycles. The van der Waals surface area contributed by atoms with Gasteiger partial charge in [0, 0.05) is 0 Å². The third kappa shape index (κ3) is 2.04. The van der Waals surface area contributed by atoms with E-state index in [1.807, 2.05) is 0 Å². The summed E-state index contributed by atoms with van der Waals surface area (Å²) in [6.07, 6.45) is 0. The second-order valence-electron chi connectivity index (χ2n) is 1.60. The number of rotatable bonds is 0. The normalized spacial score (nSPS) is 8.25. The van der Waals surface area contributed by atoms with Crippen LogP contribution in [0.1, 0.15) is 10.4 Å². The Kier molecular flexibility index (Phi) is 3.47. The molecule has 0 aliphatic rings. The molecule has 0 spiro atoms. The van der Waals surface area contributed by atoms with Crippen molar-refractivity contribution < 1.29 is 18.9 Å². The van der Waals surface area contributed by atoms with E-state index in [9.17, 15) is 0 Å². The third-order valence-corrected chi connectivity index (χ3v) is 1.71. The summed E-state index contributed by atoms with van der Waals surface area (Å²) in [7, 11) is 0. The molecule has 0 amide bonds. The molecule has 1 heterocycles. The van der Waals surface area contributed by atoms with E-state index in [4.69, 9.17) is 0 Å². The fourth-order valence-corrected chi connectivity index (χ4v) is 1.15. The summed E-state index contributed by atoms with van der Waals surface area (Å²) >= 11 is 1.75. The first-order chi connectivity index (χ1) is 3.29. The third-order valence-electron chi connectivity index (χ3n) is 0.786. The van der Waals surface area contributed by atoms with E-state index in [0.29, 0.717) is 0 Å². The first-order valence-corrected chi connectivity index (χ1v) is 3.11. The van der Waals surface area contributed by atoms with Crippen molar-refractivity contribution in [3.63, 3.8) is 0 Å². The minimum absolute atomic E-state index is 0. The maximum atomic E-state index is 3.16. The summed E-state index contributed by atoms with van der Waals surface area (Å²) in [5.41, 5.74) is 1.25. The predicted molar refractivity (Wildman–Crippen MR) is 32.6 cm³/mol. The second kappa shape index (κ2) is 3.35. The first kappa shape index (κ1) is 8.30. The Bertz CT molecular complexity index is 141. The number of thiophene rings is 1. The maximum absolute atomic E-state index is 3.16. The minimum atomic E-state index is 0. The van der Waals surface area contributed by atoms with Crippen molar-refractivity contribution in [3.05, 3.63) is 21.9 Å². The minimum Gasteiger partial charge on any atom is -0.270 e. The summed E-state index contributed by atoms with van der Waals surface area (Å²) in [5, 5.41) is 2.11. The van der Waals surface area contributed by atoms with Crippen LogP contribution in [-0.4, -0.2) is 0 Å². The summed E-state index contributed by atoms with van der Waals surface area (Å²) in [4.78, 5) is 1.28. The number of hydrogen-bond acceptors (Lipinski definition) is 1. The van der Waals surface area contributed by atoms with Gasteiger partial charge >= 0.3 is 18.9 Å². The topological polar surface area (TPSA) is 0 Å². The van der Waals surface area contributed by atoms with E-state index in [-0.39, 0.29) is 18.9 Å². The molecule has 1 rings (SSSR count). The SMILES string of the molecule is Cc1[c-]c(C)sc1.[Li+]. The smallest absolute Gasteiger partial charge is 0.270 e. The van der Waals surface area contributed by atoms with E-state index in [1.165, 1.54) is 10.4 Å². The van der Waals surface area contributed by atoms with Gasteiger partial charge in [-0.15, -0.1) is 4.88 Å². The van der Waals surface area contributed by atoms with Gasteiger partial charge in [0.15, 0.2) is 0 Å². The molecule has 0 aliphatic carbocycles. The van der Waals surface area contributed by atoms with E-state index >= 15 is 0 Å². The van der Waals surface area contributed by atoms with Crippen LogP contribution in [0.4, 0.5) is 0 Å². The molecular weight excluding hydrogens is 111 g/mol. The second-order valence-corrected chi connectivity index (χ2v) is 2.68. The zero-order valence-electron chi connectivity index (χ0n) is 5.49. The molecule has 0 nitrogen and oxygen atoms in total. The molecule has 1 aromatic rings. The maximum Gasteiger partial charge on any atom is 1.00 e. The monoisotopic (exact) mass is 118 g/mol.